The third kappa shape index (κ3) is 5.10. The van der Waals surface area contributed by atoms with Crippen LogP contribution in [0.3, 0.4) is 0 Å². The Morgan fingerprint density at radius 1 is 1.20 bits per heavy atom. The zero-order valence-electron chi connectivity index (χ0n) is 13.4. The van der Waals surface area contributed by atoms with Crippen LogP contribution in [0.15, 0.2) is 48.5 Å². The molecule has 0 fully saturated rings. The van der Waals surface area contributed by atoms with Gasteiger partial charge in [0.1, 0.15) is 0 Å². The van der Waals surface area contributed by atoms with Gasteiger partial charge in [0, 0.05) is 18.7 Å². The first-order valence-corrected chi connectivity index (χ1v) is 7.42. The van der Waals surface area contributed by atoms with Crippen LogP contribution >= 0.6 is 0 Å². The van der Waals surface area contributed by atoms with E-state index in [9.17, 15) is 24.1 Å². The van der Waals surface area contributed by atoms with E-state index >= 15 is 0 Å². The maximum atomic E-state index is 13.3. The van der Waals surface area contributed by atoms with Crippen LogP contribution in [0.25, 0.3) is 0 Å². The molecular weight excluding hydrogens is 329 g/mol. The Morgan fingerprint density at radius 2 is 1.88 bits per heavy atom. The number of amides is 2. The van der Waals surface area contributed by atoms with Crippen molar-refractivity contribution >= 4 is 23.2 Å². The summed E-state index contributed by atoms with van der Waals surface area (Å²) >= 11 is 0. The Labute approximate surface area is 143 Å². The second-order valence-corrected chi connectivity index (χ2v) is 5.34. The number of rotatable bonds is 6. The van der Waals surface area contributed by atoms with E-state index in [0.29, 0.717) is 0 Å². The number of nitro groups is 1. The van der Waals surface area contributed by atoms with Gasteiger partial charge in [-0.1, -0.05) is 30.3 Å². The molecule has 7 nitrogen and oxygen atoms in total. The van der Waals surface area contributed by atoms with Crippen molar-refractivity contribution in [3.8, 4) is 0 Å². The van der Waals surface area contributed by atoms with E-state index in [1.807, 2.05) is 6.07 Å². The molecule has 0 saturated carbocycles. The predicted molar refractivity (Wildman–Crippen MR) is 89.3 cm³/mol. The summed E-state index contributed by atoms with van der Waals surface area (Å²) in [6, 6.07) is 11.5. The molecule has 0 bridgehead atoms. The summed E-state index contributed by atoms with van der Waals surface area (Å²) in [7, 11) is 0. The van der Waals surface area contributed by atoms with Crippen molar-refractivity contribution in [2.24, 2.45) is 0 Å². The smallest absolute Gasteiger partial charge is 0.306 e. The monoisotopic (exact) mass is 345 g/mol. The second-order valence-electron chi connectivity index (χ2n) is 5.34. The molecule has 2 rings (SSSR count). The van der Waals surface area contributed by atoms with Gasteiger partial charge in [-0.25, -0.2) is 0 Å². The molecule has 0 aliphatic carbocycles. The van der Waals surface area contributed by atoms with E-state index in [0.717, 1.165) is 17.7 Å². The first-order chi connectivity index (χ1) is 11.9. The maximum absolute atomic E-state index is 13.3. The largest absolute Gasteiger partial charge is 0.349 e. The highest BCUT2D eigenvalue weighted by molar-refractivity contribution is 5.92. The molecule has 0 aliphatic rings. The van der Waals surface area contributed by atoms with Crippen molar-refractivity contribution in [1.82, 2.24) is 5.32 Å². The lowest BCUT2D eigenvalue weighted by Gasteiger charge is -2.18. The number of hydrogen-bond acceptors (Lipinski definition) is 4. The van der Waals surface area contributed by atoms with E-state index in [4.69, 9.17) is 0 Å². The normalized spacial score (nSPS) is 11.4. The maximum Gasteiger partial charge on any atom is 0.306 e. The summed E-state index contributed by atoms with van der Waals surface area (Å²) < 4.78 is 13.3. The predicted octanol–water partition coefficient (Wildman–Crippen LogP) is 2.94. The second kappa shape index (κ2) is 8.00. The summed E-state index contributed by atoms with van der Waals surface area (Å²) in [4.78, 5) is 33.5. The zero-order valence-corrected chi connectivity index (χ0v) is 13.4. The molecule has 0 radical (unpaired) electrons. The molecule has 0 aromatic heterocycles. The molecule has 1 atom stereocenters. The highest BCUT2D eigenvalue weighted by Crippen LogP contribution is 2.23. The number of anilines is 1. The standard InChI is InChI=1S/C17H16FN3O4/c1-11(22)19-15(12-5-3-2-4-6-12)10-17(23)20-13-7-8-14(18)16(9-13)21(24)25/h2-9,15H,10H2,1H3,(H,19,22)(H,20,23)/t15-/m0/s1. The highest BCUT2D eigenvalue weighted by Gasteiger charge is 2.19. The van der Waals surface area contributed by atoms with Gasteiger partial charge in [0.05, 0.1) is 17.4 Å². The minimum atomic E-state index is -0.983. The van der Waals surface area contributed by atoms with Gasteiger partial charge in [-0.3, -0.25) is 19.7 Å². The first kappa shape index (κ1) is 18.1. The van der Waals surface area contributed by atoms with E-state index in [-0.39, 0.29) is 18.0 Å². The van der Waals surface area contributed by atoms with Crippen LogP contribution in [0.2, 0.25) is 0 Å². The van der Waals surface area contributed by atoms with Crippen molar-refractivity contribution in [3.63, 3.8) is 0 Å². The molecule has 130 valence electrons. The zero-order chi connectivity index (χ0) is 18.4. The third-order valence-electron chi connectivity index (χ3n) is 3.40. The van der Waals surface area contributed by atoms with Crippen molar-refractivity contribution in [3.05, 3.63) is 70.0 Å². The highest BCUT2D eigenvalue weighted by atomic mass is 19.1. The van der Waals surface area contributed by atoms with Crippen molar-refractivity contribution in [2.75, 3.05) is 5.32 Å². The Balaban J connectivity index is 2.12. The van der Waals surface area contributed by atoms with E-state index in [2.05, 4.69) is 10.6 Å². The van der Waals surface area contributed by atoms with Crippen LogP contribution in [-0.4, -0.2) is 16.7 Å². The Bertz CT molecular complexity index is 796. The van der Waals surface area contributed by atoms with Gasteiger partial charge in [0.25, 0.3) is 0 Å². The quantitative estimate of drug-likeness (QED) is 0.621. The van der Waals surface area contributed by atoms with Crippen molar-refractivity contribution in [1.29, 1.82) is 0 Å². The summed E-state index contributed by atoms with van der Waals surface area (Å²) in [5.41, 5.74) is 0.130. The van der Waals surface area contributed by atoms with Gasteiger partial charge in [-0.05, 0) is 17.7 Å². The molecule has 0 heterocycles. The van der Waals surface area contributed by atoms with Crippen LogP contribution in [0.5, 0.6) is 0 Å². The summed E-state index contributed by atoms with van der Waals surface area (Å²) in [6.45, 7) is 1.34. The average Bonchev–Trinajstić information content (AvgIpc) is 2.56. The van der Waals surface area contributed by atoms with E-state index < -0.39 is 28.4 Å². The number of nitro benzene ring substituents is 1. The molecule has 8 heteroatoms. The van der Waals surface area contributed by atoms with Gasteiger partial charge in [-0.2, -0.15) is 4.39 Å². The number of halogens is 1. The van der Waals surface area contributed by atoms with E-state index in [1.165, 1.54) is 13.0 Å². The van der Waals surface area contributed by atoms with Gasteiger partial charge >= 0.3 is 5.69 Å². The number of benzene rings is 2. The van der Waals surface area contributed by atoms with Gasteiger partial charge < -0.3 is 10.6 Å². The van der Waals surface area contributed by atoms with Crippen LogP contribution in [0.1, 0.15) is 24.9 Å². The fraction of sp³-hybridized carbons (Fsp3) is 0.176. The van der Waals surface area contributed by atoms with E-state index in [1.54, 1.807) is 24.3 Å². The Morgan fingerprint density at radius 3 is 2.48 bits per heavy atom. The molecule has 25 heavy (non-hydrogen) atoms. The van der Waals surface area contributed by atoms with Gasteiger partial charge in [0.2, 0.25) is 17.6 Å². The number of nitrogens with one attached hydrogen (secondary N) is 2. The topological polar surface area (TPSA) is 101 Å². The molecule has 0 unspecified atom stereocenters. The fourth-order valence-corrected chi connectivity index (χ4v) is 2.31. The van der Waals surface area contributed by atoms with Crippen LogP contribution < -0.4 is 10.6 Å². The lowest BCUT2D eigenvalue weighted by atomic mass is 10.0. The molecule has 2 aromatic carbocycles. The molecule has 2 amide bonds. The number of carbonyl (C=O) groups is 2. The molecule has 2 aromatic rings. The van der Waals surface area contributed by atoms with Crippen LogP contribution in [-0.2, 0) is 9.59 Å². The van der Waals surface area contributed by atoms with Crippen LogP contribution in [0.4, 0.5) is 15.8 Å². The summed E-state index contributed by atoms with van der Waals surface area (Å²) in [5, 5.41) is 15.9. The molecule has 0 aliphatic heterocycles. The molecule has 0 saturated heterocycles. The summed E-state index contributed by atoms with van der Waals surface area (Å²) in [6.07, 6.45) is -0.0746. The lowest BCUT2D eigenvalue weighted by Crippen LogP contribution is -2.29. The fourth-order valence-electron chi connectivity index (χ4n) is 2.31. The minimum absolute atomic E-state index is 0.0746. The summed E-state index contributed by atoms with van der Waals surface area (Å²) in [5.74, 6) is -1.74. The van der Waals surface area contributed by atoms with Crippen molar-refractivity contribution in [2.45, 2.75) is 19.4 Å². The minimum Gasteiger partial charge on any atom is -0.349 e. The van der Waals surface area contributed by atoms with Crippen LogP contribution in [0, 0.1) is 15.9 Å². The molecule has 0 spiro atoms. The Hall–Kier alpha value is -3.29. The van der Waals surface area contributed by atoms with Crippen molar-refractivity contribution < 1.29 is 18.9 Å². The number of carbonyl (C=O) groups excluding carboxylic acids is 2. The average molecular weight is 345 g/mol. The van der Waals surface area contributed by atoms with Gasteiger partial charge in [0.15, 0.2) is 0 Å². The Kier molecular flexibility index (Phi) is 5.78. The lowest BCUT2D eigenvalue weighted by molar-refractivity contribution is -0.387. The SMILES string of the molecule is CC(=O)N[C@@H](CC(=O)Nc1ccc(F)c([N+](=O)[O-])c1)c1ccccc1. The number of hydrogen-bond donors (Lipinski definition) is 2. The van der Waals surface area contributed by atoms with Gasteiger partial charge in [-0.15, -0.1) is 0 Å². The molecular formula is C17H16FN3O4. The third-order valence-corrected chi connectivity index (χ3v) is 3.40. The first-order valence-electron chi connectivity index (χ1n) is 7.42. The molecule has 2 N–H and O–H groups in total. The number of nitrogens with zero attached hydrogens (tertiary/aromatic N) is 1.